The minimum atomic E-state index is -1.30. The number of piperidine rings is 1. The number of anilines is 1. The molecule has 3 aliphatic rings. The number of nitrogens with zero attached hydrogens (tertiary/aromatic N) is 2. The lowest BCUT2D eigenvalue weighted by Crippen LogP contribution is -2.40. The summed E-state index contributed by atoms with van der Waals surface area (Å²) in [5.74, 6) is -3.58. The minimum Gasteiger partial charge on any atom is -0.492 e. The molecule has 2 aliphatic heterocycles. The zero-order chi connectivity index (χ0) is 26.9. The van der Waals surface area contributed by atoms with Crippen LogP contribution in [0.5, 0.6) is 5.75 Å². The van der Waals surface area contributed by atoms with Crippen LogP contribution in [0.1, 0.15) is 42.1 Å². The molecule has 1 aromatic heterocycles. The summed E-state index contributed by atoms with van der Waals surface area (Å²) >= 11 is 0. The third kappa shape index (κ3) is 5.43. The Bertz CT molecular complexity index is 1300. The van der Waals surface area contributed by atoms with Crippen LogP contribution in [0.2, 0.25) is 0 Å². The number of hydrogen-bond donors (Lipinski definition) is 4. The molecule has 0 bridgehead atoms. The number of carboxylic acids is 3. The van der Waals surface area contributed by atoms with E-state index in [0.717, 1.165) is 38.8 Å². The monoisotopic (exact) mass is 517 g/mol. The first-order valence-corrected chi connectivity index (χ1v) is 11.9. The van der Waals surface area contributed by atoms with E-state index < -0.39 is 29.2 Å². The standard InChI is InChI=1S/C21H24FN3O4.C4H4O4/c1-29-20-17-13(19(26)14(21(27)28)9-25(17)12-4-5-12)7-15(22)18(20)24-8-11-3-2-6-23-16(11)10-24;5-3(6)1-2-4(7)8/h7,9,11-12,16,23H,2-6,8,10H2,1H3,(H,27,28);1-2H,(H,5,6)(H,7,8)/b;2-1+/t11-,16+;/m0./s1. The number of carbonyl (C=O) groups is 3. The fraction of sp³-hybridized carbons (Fsp3) is 0.440. The highest BCUT2D eigenvalue weighted by molar-refractivity contribution is 5.97. The van der Waals surface area contributed by atoms with E-state index in [4.69, 9.17) is 14.9 Å². The Morgan fingerprint density at radius 3 is 2.32 bits per heavy atom. The van der Waals surface area contributed by atoms with Crippen LogP contribution >= 0.6 is 0 Å². The number of fused-ring (bicyclic) bond motifs is 2. The Morgan fingerprint density at radius 2 is 1.78 bits per heavy atom. The van der Waals surface area contributed by atoms with Crippen LogP contribution in [0.15, 0.2) is 29.2 Å². The lowest BCUT2D eigenvalue weighted by Gasteiger charge is -2.25. The van der Waals surface area contributed by atoms with Gasteiger partial charge in [-0.2, -0.15) is 0 Å². The summed E-state index contributed by atoms with van der Waals surface area (Å²) in [4.78, 5) is 45.5. The number of benzene rings is 1. The average Bonchev–Trinajstić information content (AvgIpc) is 3.60. The second-order valence-electron chi connectivity index (χ2n) is 9.33. The van der Waals surface area contributed by atoms with Gasteiger partial charge in [0, 0.05) is 43.5 Å². The molecule has 5 rings (SSSR count). The zero-order valence-electron chi connectivity index (χ0n) is 20.1. The molecule has 1 saturated carbocycles. The average molecular weight is 518 g/mol. The number of halogens is 1. The molecule has 1 aromatic carbocycles. The maximum atomic E-state index is 15.3. The third-order valence-corrected chi connectivity index (χ3v) is 6.86. The number of aromatic carboxylic acids is 1. The van der Waals surface area contributed by atoms with E-state index in [0.29, 0.717) is 47.6 Å². The van der Waals surface area contributed by atoms with Gasteiger partial charge in [0.1, 0.15) is 11.3 Å². The van der Waals surface area contributed by atoms with Crippen LogP contribution in [0, 0.1) is 11.7 Å². The van der Waals surface area contributed by atoms with Crippen molar-refractivity contribution >= 4 is 34.5 Å². The number of carboxylic acid groups (broad SMARTS) is 3. The van der Waals surface area contributed by atoms with Gasteiger partial charge in [0.25, 0.3) is 0 Å². The van der Waals surface area contributed by atoms with E-state index in [1.165, 1.54) is 19.4 Å². The number of rotatable bonds is 6. The summed E-state index contributed by atoms with van der Waals surface area (Å²) in [5.41, 5.74) is -0.155. The number of aromatic nitrogens is 1. The molecule has 12 heteroatoms. The van der Waals surface area contributed by atoms with Gasteiger partial charge in [-0.25, -0.2) is 18.8 Å². The molecule has 2 saturated heterocycles. The summed E-state index contributed by atoms with van der Waals surface area (Å²) < 4.78 is 22.8. The number of aliphatic carboxylic acids is 2. The lowest BCUT2D eigenvalue weighted by atomic mass is 9.94. The van der Waals surface area contributed by atoms with E-state index in [1.54, 1.807) is 4.57 Å². The first-order valence-electron chi connectivity index (χ1n) is 11.9. The van der Waals surface area contributed by atoms with Crippen molar-refractivity contribution in [2.45, 2.75) is 37.8 Å². The van der Waals surface area contributed by atoms with Crippen molar-refractivity contribution in [1.82, 2.24) is 9.88 Å². The Hall–Kier alpha value is -3.93. The van der Waals surface area contributed by atoms with Crippen molar-refractivity contribution in [3.63, 3.8) is 0 Å². The fourth-order valence-corrected chi connectivity index (χ4v) is 5.10. The van der Waals surface area contributed by atoms with Gasteiger partial charge in [0.2, 0.25) is 5.43 Å². The quantitative estimate of drug-likeness (QED) is 0.418. The Labute approximate surface area is 210 Å². The molecule has 11 nitrogen and oxygen atoms in total. The first-order chi connectivity index (χ1) is 17.6. The number of ether oxygens (including phenoxy) is 1. The molecular formula is C25H28FN3O8. The number of pyridine rings is 1. The summed E-state index contributed by atoms with van der Waals surface area (Å²) in [5, 5.41) is 28.6. The van der Waals surface area contributed by atoms with Gasteiger partial charge in [-0.3, -0.25) is 4.79 Å². The number of methoxy groups -OCH3 is 1. The highest BCUT2D eigenvalue weighted by Crippen LogP contribution is 2.45. The van der Waals surface area contributed by atoms with Gasteiger partial charge in [0.15, 0.2) is 11.6 Å². The van der Waals surface area contributed by atoms with Crippen molar-refractivity contribution in [2.24, 2.45) is 5.92 Å². The van der Waals surface area contributed by atoms with E-state index in [-0.39, 0.29) is 17.0 Å². The molecule has 2 atom stereocenters. The Morgan fingerprint density at radius 1 is 1.11 bits per heavy atom. The van der Waals surface area contributed by atoms with Crippen molar-refractivity contribution in [2.75, 3.05) is 31.6 Å². The number of nitrogens with one attached hydrogen (secondary N) is 1. The maximum absolute atomic E-state index is 15.3. The van der Waals surface area contributed by atoms with Gasteiger partial charge in [0.05, 0.1) is 18.0 Å². The summed E-state index contributed by atoms with van der Waals surface area (Å²) in [6, 6.07) is 1.62. The minimum absolute atomic E-state index is 0.0599. The van der Waals surface area contributed by atoms with Crippen LogP contribution in [0.4, 0.5) is 10.1 Å². The second kappa shape index (κ2) is 10.6. The molecule has 2 aromatic rings. The lowest BCUT2D eigenvalue weighted by molar-refractivity contribution is -0.134. The molecule has 37 heavy (non-hydrogen) atoms. The SMILES string of the molecule is COc1c(N2C[C@@H]3CCCN[C@@H]3C2)c(F)cc2c(=O)c(C(=O)O)cn(C3CC3)c12.O=C(O)/C=C/C(=O)O. The molecule has 3 heterocycles. The predicted octanol–water partition coefficient (Wildman–Crippen LogP) is 2.08. The molecule has 3 fully saturated rings. The van der Waals surface area contributed by atoms with Crippen molar-refractivity contribution in [3.05, 3.63) is 46.0 Å². The molecule has 4 N–H and O–H groups in total. The highest BCUT2D eigenvalue weighted by Gasteiger charge is 2.38. The summed E-state index contributed by atoms with van der Waals surface area (Å²) in [6.45, 7) is 2.40. The summed E-state index contributed by atoms with van der Waals surface area (Å²) in [6.07, 6.45) is 6.52. The van der Waals surface area contributed by atoms with Gasteiger partial charge < -0.3 is 34.8 Å². The number of hydrogen-bond acceptors (Lipinski definition) is 7. The fourth-order valence-electron chi connectivity index (χ4n) is 5.10. The van der Waals surface area contributed by atoms with Crippen LogP contribution in [-0.2, 0) is 9.59 Å². The van der Waals surface area contributed by atoms with Gasteiger partial charge >= 0.3 is 17.9 Å². The molecule has 0 unspecified atom stereocenters. The Kier molecular flexibility index (Phi) is 7.48. The summed E-state index contributed by atoms with van der Waals surface area (Å²) in [7, 11) is 1.48. The topological polar surface area (TPSA) is 158 Å². The molecule has 198 valence electrons. The van der Waals surface area contributed by atoms with Crippen molar-refractivity contribution in [3.8, 4) is 5.75 Å². The predicted molar refractivity (Wildman–Crippen MR) is 131 cm³/mol. The van der Waals surface area contributed by atoms with Crippen LogP contribution < -0.4 is 20.4 Å². The molecule has 1 aliphatic carbocycles. The van der Waals surface area contributed by atoms with Crippen molar-refractivity contribution in [1.29, 1.82) is 0 Å². The molecule has 0 spiro atoms. The van der Waals surface area contributed by atoms with Crippen LogP contribution in [0.3, 0.4) is 0 Å². The van der Waals surface area contributed by atoms with E-state index in [1.807, 2.05) is 4.90 Å². The maximum Gasteiger partial charge on any atom is 0.341 e. The molecule has 0 radical (unpaired) electrons. The van der Waals surface area contributed by atoms with Gasteiger partial charge in [-0.15, -0.1) is 0 Å². The normalized spacial score (nSPS) is 20.9. The van der Waals surface area contributed by atoms with E-state index in [9.17, 15) is 24.3 Å². The van der Waals surface area contributed by atoms with Crippen molar-refractivity contribution < 1.29 is 38.8 Å². The van der Waals surface area contributed by atoms with Crippen LogP contribution in [0.25, 0.3) is 10.9 Å². The zero-order valence-corrected chi connectivity index (χ0v) is 20.1. The van der Waals surface area contributed by atoms with E-state index in [2.05, 4.69) is 5.32 Å². The van der Waals surface area contributed by atoms with Gasteiger partial charge in [-0.1, -0.05) is 0 Å². The smallest absolute Gasteiger partial charge is 0.341 e. The highest BCUT2D eigenvalue weighted by atomic mass is 19.1. The van der Waals surface area contributed by atoms with E-state index >= 15 is 4.39 Å². The molecular weight excluding hydrogens is 489 g/mol. The van der Waals surface area contributed by atoms with Gasteiger partial charge in [-0.05, 0) is 44.2 Å². The Balaban J connectivity index is 0.000000349. The molecule has 0 amide bonds. The first kappa shape index (κ1) is 26.1. The van der Waals surface area contributed by atoms with Crippen LogP contribution in [-0.4, -0.2) is 70.6 Å². The largest absolute Gasteiger partial charge is 0.492 e. The second-order valence-corrected chi connectivity index (χ2v) is 9.33. The third-order valence-electron chi connectivity index (χ3n) is 6.86.